The van der Waals surface area contributed by atoms with Crippen LogP contribution >= 0.6 is 0 Å². The molecule has 2 heteroatoms. The first-order valence-electron chi connectivity index (χ1n) is 7.73. The molecule has 0 fully saturated rings. The molecule has 0 atom stereocenters. The first-order valence-corrected chi connectivity index (χ1v) is 7.73. The van der Waals surface area contributed by atoms with Crippen LogP contribution in [0.4, 0.5) is 0 Å². The van der Waals surface area contributed by atoms with Crippen LogP contribution in [0.15, 0.2) is 11.0 Å². The van der Waals surface area contributed by atoms with Crippen molar-refractivity contribution in [2.75, 3.05) is 0 Å². The predicted octanol–water partition coefficient (Wildman–Crippen LogP) is 4.32. The van der Waals surface area contributed by atoms with Crippen molar-refractivity contribution in [3.05, 3.63) is 33.2 Å². The van der Waals surface area contributed by atoms with E-state index in [1.807, 2.05) is 6.20 Å². The summed E-state index contributed by atoms with van der Waals surface area (Å²) in [5.41, 5.74) is 3.22. The van der Waals surface area contributed by atoms with Gasteiger partial charge in [-0.05, 0) is 18.3 Å². The van der Waals surface area contributed by atoms with E-state index in [1.165, 1.54) is 0 Å². The molecular weight excluding hydrogens is 246 g/mol. The van der Waals surface area contributed by atoms with E-state index in [0.717, 1.165) is 36.1 Å². The monoisotopic (exact) mass is 277 g/mol. The second kappa shape index (κ2) is 5.75. The van der Waals surface area contributed by atoms with E-state index in [9.17, 15) is 4.79 Å². The largest absolute Gasteiger partial charge is 0.353 e. The fourth-order valence-corrected chi connectivity index (χ4v) is 2.95. The van der Waals surface area contributed by atoms with Crippen LogP contribution in [0.2, 0.25) is 0 Å². The van der Waals surface area contributed by atoms with Gasteiger partial charge in [-0.2, -0.15) is 0 Å². The molecule has 0 aliphatic heterocycles. The van der Waals surface area contributed by atoms with E-state index in [1.54, 1.807) is 0 Å². The molecule has 0 radical (unpaired) electrons. The quantitative estimate of drug-likeness (QED) is 0.806. The molecule has 1 heterocycles. The van der Waals surface area contributed by atoms with Crippen LogP contribution in [-0.2, 0) is 24.3 Å². The first kappa shape index (κ1) is 17.0. The number of aromatic nitrogens is 1. The Morgan fingerprint density at radius 3 is 2.00 bits per heavy atom. The third kappa shape index (κ3) is 3.53. The van der Waals surface area contributed by atoms with Crippen molar-refractivity contribution >= 4 is 0 Å². The molecule has 0 saturated heterocycles. The summed E-state index contributed by atoms with van der Waals surface area (Å²) in [6.45, 7) is 15.1. The SMILES string of the molecule is CCCCc1cn(C)c(C(C)(C)C)c(C(C)(C)C)c1=O. The number of hydrogen-bond donors (Lipinski definition) is 0. The Hall–Kier alpha value is -1.05. The molecule has 114 valence electrons. The second-order valence-electron chi connectivity index (χ2n) is 7.92. The minimum Gasteiger partial charge on any atom is -0.353 e. The highest BCUT2D eigenvalue weighted by Crippen LogP contribution is 2.31. The maximum atomic E-state index is 12.9. The van der Waals surface area contributed by atoms with Crippen LogP contribution < -0.4 is 5.43 Å². The number of hydrogen-bond acceptors (Lipinski definition) is 1. The zero-order valence-electron chi connectivity index (χ0n) is 14.6. The van der Waals surface area contributed by atoms with Gasteiger partial charge in [0, 0.05) is 35.5 Å². The molecule has 0 aromatic carbocycles. The van der Waals surface area contributed by atoms with Crippen molar-refractivity contribution in [1.29, 1.82) is 0 Å². The summed E-state index contributed by atoms with van der Waals surface area (Å²) >= 11 is 0. The van der Waals surface area contributed by atoms with Crippen molar-refractivity contribution in [3.63, 3.8) is 0 Å². The van der Waals surface area contributed by atoms with Crippen molar-refractivity contribution < 1.29 is 0 Å². The molecule has 1 rings (SSSR count). The molecular formula is C18H31NO. The molecule has 0 unspecified atom stereocenters. The summed E-state index contributed by atoms with van der Waals surface area (Å²) in [6.07, 6.45) is 5.13. The van der Waals surface area contributed by atoms with Gasteiger partial charge in [-0.25, -0.2) is 0 Å². The van der Waals surface area contributed by atoms with E-state index in [4.69, 9.17) is 0 Å². The van der Waals surface area contributed by atoms with Gasteiger partial charge >= 0.3 is 0 Å². The number of aryl methyl sites for hydroxylation is 2. The van der Waals surface area contributed by atoms with E-state index >= 15 is 0 Å². The van der Waals surface area contributed by atoms with E-state index in [-0.39, 0.29) is 16.3 Å². The van der Waals surface area contributed by atoms with Gasteiger partial charge in [0.25, 0.3) is 0 Å². The fourth-order valence-electron chi connectivity index (χ4n) is 2.95. The van der Waals surface area contributed by atoms with Gasteiger partial charge < -0.3 is 4.57 Å². The highest BCUT2D eigenvalue weighted by molar-refractivity contribution is 5.36. The van der Waals surface area contributed by atoms with Crippen LogP contribution in [0, 0.1) is 0 Å². The number of unbranched alkanes of at least 4 members (excludes halogenated alkanes) is 1. The Labute approximate surface area is 124 Å². The summed E-state index contributed by atoms with van der Waals surface area (Å²) in [6, 6.07) is 0. The standard InChI is InChI=1S/C18H31NO/c1-9-10-11-13-12-19(8)16(18(5,6)7)14(15(13)20)17(2,3)4/h12H,9-11H2,1-8H3. The molecule has 0 aliphatic carbocycles. The second-order valence-corrected chi connectivity index (χ2v) is 7.92. The predicted molar refractivity (Wildman–Crippen MR) is 87.7 cm³/mol. The van der Waals surface area contributed by atoms with E-state index in [2.05, 4.69) is 60.1 Å². The fraction of sp³-hybridized carbons (Fsp3) is 0.722. The minimum absolute atomic E-state index is 0.0280. The summed E-state index contributed by atoms with van der Waals surface area (Å²) in [7, 11) is 2.07. The van der Waals surface area contributed by atoms with Crippen LogP contribution in [0.3, 0.4) is 0 Å². The zero-order chi connectivity index (χ0) is 15.7. The van der Waals surface area contributed by atoms with Crippen LogP contribution in [0.1, 0.15) is 78.1 Å². The van der Waals surface area contributed by atoms with Gasteiger partial charge in [0.1, 0.15) is 0 Å². The Morgan fingerprint density at radius 1 is 1.05 bits per heavy atom. The van der Waals surface area contributed by atoms with Crippen LogP contribution in [0.5, 0.6) is 0 Å². The Balaban J connectivity index is 3.64. The lowest BCUT2D eigenvalue weighted by Crippen LogP contribution is -2.35. The lowest BCUT2D eigenvalue weighted by Gasteiger charge is -2.32. The highest BCUT2D eigenvalue weighted by atomic mass is 16.1. The molecule has 0 amide bonds. The average Bonchev–Trinajstić information content (AvgIpc) is 2.26. The van der Waals surface area contributed by atoms with Crippen LogP contribution in [-0.4, -0.2) is 4.57 Å². The zero-order valence-corrected chi connectivity index (χ0v) is 14.6. The van der Waals surface area contributed by atoms with Crippen LogP contribution in [0.25, 0.3) is 0 Å². The summed E-state index contributed by atoms with van der Waals surface area (Å²) < 4.78 is 2.17. The molecule has 0 N–H and O–H groups in total. The maximum Gasteiger partial charge on any atom is 0.188 e. The molecule has 1 aromatic rings. The molecule has 0 saturated carbocycles. The van der Waals surface area contributed by atoms with E-state index < -0.39 is 0 Å². The molecule has 1 aromatic heterocycles. The van der Waals surface area contributed by atoms with Gasteiger partial charge in [0.2, 0.25) is 0 Å². The van der Waals surface area contributed by atoms with Crippen molar-refractivity contribution in [3.8, 4) is 0 Å². The summed E-state index contributed by atoms with van der Waals surface area (Å²) in [5, 5.41) is 0. The molecule has 0 spiro atoms. The van der Waals surface area contributed by atoms with Gasteiger partial charge in [0.15, 0.2) is 5.43 Å². The van der Waals surface area contributed by atoms with Gasteiger partial charge in [-0.15, -0.1) is 0 Å². The molecule has 20 heavy (non-hydrogen) atoms. The number of pyridine rings is 1. The normalized spacial score (nSPS) is 12.8. The summed E-state index contributed by atoms with van der Waals surface area (Å²) in [4.78, 5) is 12.9. The third-order valence-corrected chi connectivity index (χ3v) is 3.72. The third-order valence-electron chi connectivity index (χ3n) is 3.72. The topological polar surface area (TPSA) is 22.0 Å². The molecule has 0 bridgehead atoms. The van der Waals surface area contributed by atoms with E-state index in [0.29, 0.717) is 0 Å². The number of nitrogens with zero attached hydrogens (tertiary/aromatic N) is 1. The number of rotatable bonds is 3. The smallest absolute Gasteiger partial charge is 0.188 e. The minimum atomic E-state index is -0.125. The molecule has 2 nitrogen and oxygen atoms in total. The maximum absolute atomic E-state index is 12.9. The van der Waals surface area contributed by atoms with Gasteiger partial charge in [-0.3, -0.25) is 4.79 Å². The van der Waals surface area contributed by atoms with Gasteiger partial charge in [0.05, 0.1) is 0 Å². The molecule has 0 aliphatic rings. The van der Waals surface area contributed by atoms with Crippen molar-refractivity contribution in [2.45, 2.75) is 78.6 Å². The Bertz CT molecular complexity index is 524. The van der Waals surface area contributed by atoms with Crippen molar-refractivity contribution in [1.82, 2.24) is 4.57 Å². The lowest BCUT2D eigenvalue weighted by atomic mass is 9.77. The van der Waals surface area contributed by atoms with Crippen molar-refractivity contribution in [2.24, 2.45) is 7.05 Å². The highest BCUT2D eigenvalue weighted by Gasteiger charge is 2.30. The lowest BCUT2D eigenvalue weighted by molar-refractivity contribution is 0.484. The Kier molecular flexibility index (Phi) is 4.89. The summed E-state index contributed by atoms with van der Waals surface area (Å²) in [5.74, 6) is 0. The Morgan fingerprint density at radius 2 is 1.60 bits per heavy atom. The first-order chi connectivity index (χ1) is 9.00. The van der Waals surface area contributed by atoms with Gasteiger partial charge in [-0.1, -0.05) is 54.9 Å². The average molecular weight is 277 g/mol.